The molecule has 18 heavy (non-hydrogen) atoms. The minimum absolute atomic E-state index is 0.0543. The van der Waals surface area contributed by atoms with Gasteiger partial charge in [0.05, 0.1) is 11.4 Å². The van der Waals surface area contributed by atoms with Crippen LogP contribution in [0.1, 0.15) is 27.4 Å². The van der Waals surface area contributed by atoms with Crippen LogP contribution in [0.4, 0.5) is 0 Å². The minimum Gasteiger partial charge on any atom is -0.288 e. The Labute approximate surface area is 106 Å². The van der Waals surface area contributed by atoms with Crippen LogP contribution < -0.4 is 0 Å². The topological polar surface area (TPSA) is 52.7 Å². The van der Waals surface area contributed by atoms with Crippen LogP contribution in [0.25, 0.3) is 6.08 Å². The van der Waals surface area contributed by atoms with E-state index >= 15 is 0 Å². The Kier molecular flexibility index (Phi) is 3.14. The summed E-state index contributed by atoms with van der Waals surface area (Å²) in [7, 11) is 3.63. The molecule has 2 aromatic rings. The zero-order chi connectivity index (χ0) is 13.3. The first-order valence-electron chi connectivity index (χ1n) is 5.70. The van der Waals surface area contributed by atoms with Crippen LogP contribution in [0, 0.1) is 13.8 Å². The van der Waals surface area contributed by atoms with Crippen LogP contribution in [0.5, 0.6) is 0 Å². The smallest absolute Gasteiger partial charge is 0.203 e. The second kappa shape index (κ2) is 4.60. The highest BCUT2D eigenvalue weighted by molar-refractivity contribution is 6.05. The molecule has 0 amide bonds. The van der Waals surface area contributed by atoms with Crippen molar-refractivity contribution < 1.29 is 4.79 Å². The quantitative estimate of drug-likeness (QED) is 0.609. The van der Waals surface area contributed by atoms with E-state index in [-0.39, 0.29) is 5.78 Å². The van der Waals surface area contributed by atoms with Crippen LogP contribution in [0.2, 0.25) is 0 Å². The molecule has 0 fully saturated rings. The van der Waals surface area contributed by atoms with Gasteiger partial charge in [0.1, 0.15) is 5.69 Å². The zero-order valence-corrected chi connectivity index (χ0v) is 11.0. The van der Waals surface area contributed by atoms with Gasteiger partial charge >= 0.3 is 0 Å². The van der Waals surface area contributed by atoms with E-state index < -0.39 is 0 Å². The Hall–Kier alpha value is -2.17. The van der Waals surface area contributed by atoms with E-state index in [1.807, 2.05) is 27.1 Å². The first-order chi connectivity index (χ1) is 8.47. The number of carbonyl (C=O) groups excluding carboxylic acids is 1. The van der Waals surface area contributed by atoms with Crippen molar-refractivity contribution in [1.82, 2.24) is 19.6 Å². The van der Waals surface area contributed by atoms with Crippen LogP contribution >= 0.6 is 0 Å². The summed E-state index contributed by atoms with van der Waals surface area (Å²) in [5.41, 5.74) is 3.28. The third-order valence-corrected chi connectivity index (χ3v) is 2.72. The summed E-state index contributed by atoms with van der Waals surface area (Å²) < 4.78 is 3.33. The normalized spacial score (nSPS) is 11.3. The van der Waals surface area contributed by atoms with Crippen LogP contribution in [0.3, 0.4) is 0 Å². The summed E-state index contributed by atoms with van der Waals surface area (Å²) in [6.07, 6.45) is 5.22. The molecular weight excluding hydrogens is 228 g/mol. The molecule has 2 heterocycles. The Morgan fingerprint density at radius 3 is 2.50 bits per heavy atom. The lowest BCUT2D eigenvalue weighted by Gasteiger charge is -1.95. The maximum atomic E-state index is 12.0. The van der Waals surface area contributed by atoms with E-state index in [1.165, 1.54) is 0 Å². The zero-order valence-electron chi connectivity index (χ0n) is 11.0. The number of hydrogen-bond donors (Lipinski definition) is 0. The van der Waals surface area contributed by atoms with Gasteiger partial charge in [-0.15, -0.1) is 0 Å². The van der Waals surface area contributed by atoms with Crippen molar-refractivity contribution in [3.8, 4) is 0 Å². The van der Waals surface area contributed by atoms with Crippen molar-refractivity contribution >= 4 is 11.9 Å². The van der Waals surface area contributed by atoms with E-state index in [1.54, 1.807) is 34.6 Å². The first-order valence-corrected chi connectivity index (χ1v) is 5.70. The molecule has 0 bridgehead atoms. The molecule has 0 aliphatic heterocycles. The molecule has 0 aliphatic rings. The van der Waals surface area contributed by atoms with Crippen molar-refractivity contribution in [2.75, 3.05) is 0 Å². The third-order valence-electron chi connectivity index (χ3n) is 2.72. The van der Waals surface area contributed by atoms with E-state index in [2.05, 4.69) is 10.2 Å². The van der Waals surface area contributed by atoms with Crippen molar-refractivity contribution in [2.45, 2.75) is 13.8 Å². The lowest BCUT2D eigenvalue weighted by molar-refractivity contribution is 0.103. The molecule has 0 unspecified atom stereocenters. The second-order valence-electron chi connectivity index (χ2n) is 4.34. The largest absolute Gasteiger partial charge is 0.288 e. The summed E-state index contributed by atoms with van der Waals surface area (Å²) in [5, 5.41) is 8.37. The van der Waals surface area contributed by atoms with Gasteiger partial charge in [0.25, 0.3) is 0 Å². The summed E-state index contributed by atoms with van der Waals surface area (Å²) in [5.74, 6) is -0.0543. The number of hydrogen-bond acceptors (Lipinski definition) is 3. The fourth-order valence-electron chi connectivity index (χ4n) is 1.87. The summed E-state index contributed by atoms with van der Waals surface area (Å²) >= 11 is 0. The molecule has 0 radical (unpaired) electrons. The highest BCUT2D eigenvalue weighted by atomic mass is 16.1. The standard InChI is InChI=1S/C13H16N4O/c1-9-7-12(17(4)14-9)13(18)6-5-11-8-16(3)15-10(11)2/h5-8H,1-4H3/b6-5+. The molecule has 0 aliphatic carbocycles. The molecule has 0 spiro atoms. The van der Waals surface area contributed by atoms with Gasteiger partial charge < -0.3 is 0 Å². The SMILES string of the molecule is Cc1cc(C(=O)/C=C/c2cn(C)nc2C)n(C)n1. The number of nitrogens with zero attached hydrogens (tertiary/aromatic N) is 4. The fraction of sp³-hybridized carbons (Fsp3) is 0.308. The van der Waals surface area contributed by atoms with E-state index in [0.29, 0.717) is 5.69 Å². The lowest BCUT2D eigenvalue weighted by atomic mass is 10.2. The molecule has 0 saturated carbocycles. The van der Waals surface area contributed by atoms with E-state index in [9.17, 15) is 4.79 Å². The predicted molar refractivity (Wildman–Crippen MR) is 69.3 cm³/mol. The van der Waals surface area contributed by atoms with Gasteiger partial charge in [-0.25, -0.2) is 0 Å². The monoisotopic (exact) mass is 244 g/mol. The predicted octanol–water partition coefficient (Wildman–Crippen LogP) is 1.67. The van der Waals surface area contributed by atoms with Gasteiger partial charge in [0.2, 0.25) is 5.78 Å². The second-order valence-corrected chi connectivity index (χ2v) is 4.34. The van der Waals surface area contributed by atoms with Crippen molar-refractivity contribution in [1.29, 1.82) is 0 Å². The van der Waals surface area contributed by atoms with Gasteiger partial charge in [-0.2, -0.15) is 10.2 Å². The lowest BCUT2D eigenvalue weighted by Crippen LogP contribution is -2.03. The number of ketones is 1. The van der Waals surface area contributed by atoms with Gasteiger partial charge in [-0.05, 0) is 32.1 Å². The Bertz CT molecular complexity index is 619. The summed E-state index contributed by atoms with van der Waals surface area (Å²) in [4.78, 5) is 12.0. The molecular formula is C13H16N4O. The number of rotatable bonds is 3. The minimum atomic E-state index is -0.0543. The van der Waals surface area contributed by atoms with Gasteiger partial charge in [-0.1, -0.05) is 0 Å². The summed E-state index contributed by atoms with van der Waals surface area (Å²) in [6.45, 7) is 3.78. The van der Waals surface area contributed by atoms with E-state index in [0.717, 1.165) is 17.0 Å². The van der Waals surface area contributed by atoms with Gasteiger partial charge in [0.15, 0.2) is 0 Å². The van der Waals surface area contributed by atoms with Crippen molar-refractivity contribution in [2.24, 2.45) is 14.1 Å². The number of aromatic nitrogens is 4. The molecule has 5 nitrogen and oxygen atoms in total. The first kappa shape index (κ1) is 12.3. The highest BCUT2D eigenvalue weighted by Crippen LogP contribution is 2.09. The molecule has 0 N–H and O–H groups in total. The highest BCUT2D eigenvalue weighted by Gasteiger charge is 2.09. The van der Waals surface area contributed by atoms with Crippen molar-refractivity contribution in [3.05, 3.63) is 41.0 Å². The van der Waals surface area contributed by atoms with Crippen LogP contribution in [0.15, 0.2) is 18.3 Å². The molecule has 0 atom stereocenters. The molecule has 5 heteroatoms. The molecule has 2 aromatic heterocycles. The fourth-order valence-corrected chi connectivity index (χ4v) is 1.87. The maximum Gasteiger partial charge on any atom is 0.203 e. The molecule has 0 saturated heterocycles. The Morgan fingerprint density at radius 2 is 2.00 bits per heavy atom. The number of carbonyl (C=O) groups is 1. The van der Waals surface area contributed by atoms with Crippen LogP contribution in [-0.2, 0) is 14.1 Å². The summed E-state index contributed by atoms with van der Waals surface area (Å²) in [6, 6.07) is 1.78. The van der Waals surface area contributed by atoms with Crippen molar-refractivity contribution in [3.63, 3.8) is 0 Å². The average molecular weight is 244 g/mol. The number of aryl methyl sites for hydroxylation is 4. The average Bonchev–Trinajstić information content (AvgIpc) is 2.78. The number of allylic oxidation sites excluding steroid dienone is 1. The Balaban J connectivity index is 2.22. The van der Waals surface area contributed by atoms with Gasteiger partial charge in [0, 0.05) is 25.9 Å². The maximum absolute atomic E-state index is 12.0. The van der Waals surface area contributed by atoms with Gasteiger partial charge in [-0.3, -0.25) is 14.2 Å². The van der Waals surface area contributed by atoms with E-state index in [4.69, 9.17) is 0 Å². The molecule has 0 aromatic carbocycles. The molecule has 94 valence electrons. The third kappa shape index (κ3) is 2.40. The Morgan fingerprint density at radius 1 is 1.28 bits per heavy atom. The van der Waals surface area contributed by atoms with Crippen LogP contribution in [-0.4, -0.2) is 25.3 Å². The molecule has 2 rings (SSSR count).